The topological polar surface area (TPSA) is 65.3 Å². The highest BCUT2D eigenvalue weighted by atomic mass is 16.3. The molecule has 0 unspecified atom stereocenters. The van der Waals surface area contributed by atoms with Crippen molar-refractivity contribution in [1.29, 1.82) is 0 Å². The summed E-state index contributed by atoms with van der Waals surface area (Å²) in [5.74, 6) is -1.64. The lowest BCUT2D eigenvalue weighted by atomic mass is 10.1. The number of hydrogen-bond donors (Lipinski definition) is 0. The molecule has 1 aliphatic rings. The van der Waals surface area contributed by atoms with E-state index >= 15 is 0 Å². The zero-order chi connectivity index (χ0) is 15.4. The maximum Gasteiger partial charge on any atom is 0.323 e. The predicted molar refractivity (Wildman–Crippen MR) is 86.8 cm³/mol. The third kappa shape index (κ3) is 2.43. The minimum atomic E-state index is -1.64. The molecule has 0 radical (unpaired) electrons. The molecule has 112 valence electrons. The van der Waals surface area contributed by atoms with Gasteiger partial charge in [0.15, 0.2) is 0 Å². The standard InChI is InChI=1S/C16H16N4O2/c21-17-16(18-22)13-19(14-7-3-1-4-8-14)11-12-20(16)15-9-5-2-6-10-15/h1-10H,11-13H2. The molecule has 0 aromatic heterocycles. The molecule has 1 heterocycles. The van der Waals surface area contributed by atoms with Crippen LogP contribution in [0.4, 0.5) is 11.4 Å². The highest BCUT2D eigenvalue weighted by molar-refractivity contribution is 5.54. The number of para-hydroxylation sites is 2. The van der Waals surface area contributed by atoms with Crippen molar-refractivity contribution in [3.63, 3.8) is 0 Å². The first kappa shape index (κ1) is 14.2. The van der Waals surface area contributed by atoms with Crippen LogP contribution in [0.1, 0.15) is 0 Å². The van der Waals surface area contributed by atoms with Crippen LogP contribution in [0.25, 0.3) is 0 Å². The van der Waals surface area contributed by atoms with Gasteiger partial charge in [0.25, 0.3) is 0 Å². The predicted octanol–water partition coefficient (Wildman–Crippen LogP) is 3.20. The van der Waals surface area contributed by atoms with Gasteiger partial charge >= 0.3 is 5.79 Å². The number of piperazine rings is 1. The van der Waals surface area contributed by atoms with Crippen molar-refractivity contribution in [1.82, 2.24) is 0 Å². The van der Waals surface area contributed by atoms with Gasteiger partial charge in [0.1, 0.15) is 0 Å². The second-order valence-electron chi connectivity index (χ2n) is 5.20. The number of rotatable bonds is 4. The molecule has 0 atom stereocenters. The van der Waals surface area contributed by atoms with Crippen LogP contribution in [0.5, 0.6) is 0 Å². The van der Waals surface area contributed by atoms with Crippen molar-refractivity contribution in [3.8, 4) is 0 Å². The van der Waals surface area contributed by atoms with Crippen LogP contribution >= 0.6 is 0 Å². The minimum Gasteiger partial charge on any atom is -0.363 e. The maximum absolute atomic E-state index is 11.5. The van der Waals surface area contributed by atoms with E-state index in [9.17, 15) is 9.81 Å². The molecule has 0 saturated carbocycles. The molecule has 2 aromatic carbocycles. The van der Waals surface area contributed by atoms with Crippen LogP contribution < -0.4 is 9.80 Å². The van der Waals surface area contributed by atoms with E-state index in [0.717, 1.165) is 11.4 Å². The average Bonchev–Trinajstić information content (AvgIpc) is 2.62. The molecule has 1 saturated heterocycles. The van der Waals surface area contributed by atoms with Crippen LogP contribution in [-0.2, 0) is 0 Å². The Bertz CT molecular complexity index is 640. The first-order valence-electron chi connectivity index (χ1n) is 7.11. The fraction of sp³-hybridized carbons (Fsp3) is 0.250. The number of benzene rings is 2. The van der Waals surface area contributed by atoms with E-state index in [1.807, 2.05) is 65.6 Å². The highest BCUT2D eigenvalue weighted by Gasteiger charge is 2.46. The zero-order valence-corrected chi connectivity index (χ0v) is 12.0. The van der Waals surface area contributed by atoms with E-state index in [2.05, 4.69) is 10.4 Å². The summed E-state index contributed by atoms with van der Waals surface area (Å²) < 4.78 is 0. The fourth-order valence-corrected chi connectivity index (χ4v) is 2.80. The van der Waals surface area contributed by atoms with Crippen molar-refractivity contribution in [2.75, 3.05) is 29.4 Å². The molecule has 1 fully saturated rings. The molecule has 0 spiro atoms. The molecule has 6 heteroatoms. The SMILES string of the molecule is O=NC1(N=O)CN(c2ccccc2)CCN1c1ccccc1. The summed E-state index contributed by atoms with van der Waals surface area (Å²) in [4.78, 5) is 26.6. The Balaban J connectivity index is 1.93. The second kappa shape index (κ2) is 5.93. The van der Waals surface area contributed by atoms with Crippen molar-refractivity contribution in [3.05, 3.63) is 70.5 Å². The van der Waals surface area contributed by atoms with Crippen LogP contribution in [0, 0.1) is 9.81 Å². The van der Waals surface area contributed by atoms with Gasteiger partial charge in [-0.1, -0.05) is 36.4 Å². The lowest BCUT2D eigenvalue weighted by Crippen LogP contribution is -2.60. The molecule has 0 bridgehead atoms. The van der Waals surface area contributed by atoms with Gasteiger partial charge in [0.05, 0.1) is 6.54 Å². The molecular weight excluding hydrogens is 280 g/mol. The normalized spacial score (nSPS) is 17.1. The average molecular weight is 296 g/mol. The summed E-state index contributed by atoms with van der Waals surface area (Å²) in [5.41, 5.74) is 1.72. The number of hydrogen-bond acceptors (Lipinski definition) is 6. The third-order valence-corrected chi connectivity index (χ3v) is 3.91. The van der Waals surface area contributed by atoms with Gasteiger partial charge < -0.3 is 9.80 Å². The van der Waals surface area contributed by atoms with Crippen LogP contribution in [-0.4, -0.2) is 25.4 Å². The van der Waals surface area contributed by atoms with Gasteiger partial charge in [-0.05, 0) is 34.6 Å². The summed E-state index contributed by atoms with van der Waals surface area (Å²) in [6.07, 6.45) is 0. The first-order valence-corrected chi connectivity index (χ1v) is 7.11. The van der Waals surface area contributed by atoms with E-state index in [1.54, 1.807) is 4.90 Å². The fourth-order valence-electron chi connectivity index (χ4n) is 2.80. The quantitative estimate of drug-likeness (QED) is 0.813. The van der Waals surface area contributed by atoms with Gasteiger partial charge in [-0.25, -0.2) is 0 Å². The molecule has 0 aliphatic carbocycles. The molecular formula is C16H16N4O2. The van der Waals surface area contributed by atoms with Crippen molar-refractivity contribution < 1.29 is 0 Å². The number of anilines is 2. The lowest BCUT2D eigenvalue weighted by Gasteiger charge is -2.44. The Morgan fingerprint density at radius 3 is 1.86 bits per heavy atom. The molecule has 22 heavy (non-hydrogen) atoms. The van der Waals surface area contributed by atoms with Gasteiger partial charge in [-0.15, -0.1) is 9.81 Å². The van der Waals surface area contributed by atoms with E-state index < -0.39 is 5.79 Å². The third-order valence-electron chi connectivity index (χ3n) is 3.91. The molecule has 2 aromatic rings. The monoisotopic (exact) mass is 296 g/mol. The maximum atomic E-state index is 11.5. The van der Waals surface area contributed by atoms with Crippen LogP contribution in [0.15, 0.2) is 71.0 Å². The van der Waals surface area contributed by atoms with Gasteiger partial charge in [-0.3, -0.25) is 0 Å². The van der Waals surface area contributed by atoms with E-state index in [4.69, 9.17) is 0 Å². The lowest BCUT2D eigenvalue weighted by molar-refractivity contribution is 0.375. The smallest absolute Gasteiger partial charge is 0.323 e. The number of nitroso groups, excluding NO2 is 2. The molecule has 6 nitrogen and oxygen atoms in total. The molecule has 3 rings (SSSR count). The Labute approximate surface area is 128 Å². The van der Waals surface area contributed by atoms with Gasteiger partial charge in [0.2, 0.25) is 0 Å². The Kier molecular flexibility index (Phi) is 3.82. The summed E-state index contributed by atoms with van der Waals surface area (Å²) in [7, 11) is 0. The van der Waals surface area contributed by atoms with Crippen molar-refractivity contribution in [2.24, 2.45) is 10.4 Å². The zero-order valence-electron chi connectivity index (χ0n) is 12.0. The molecule has 0 N–H and O–H groups in total. The Morgan fingerprint density at radius 2 is 1.32 bits per heavy atom. The van der Waals surface area contributed by atoms with E-state index in [1.165, 1.54) is 0 Å². The molecule has 1 aliphatic heterocycles. The first-order chi connectivity index (χ1) is 10.8. The van der Waals surface area contributed by atoms with E-state index in [0.29, 0.717) is 13.1 Å². The Morgan fingerprint density at radius 1 is 0.773 bits per heavy atom. The van der Waals surface area contributed by atoms with Crippen LogP contribution in [0.2, 0.25) is 0 Å². The highest BCUT2D eigenvalue weighted by Crippen LogP contribution is 2.32. The van der Waals surface area contributed by atoms with Crippen LogP contribution in [0.3, 0.4) is 0 Å². The molecule has 0 amide bonds. The summed E-state index contributed by atoms with van der Waals surface area (Å²) in [5, 5.41) is 6.17. The van der Waals surface area contributed by atoms with Gasteiger partial charge in [-0.2, -0.15) is 0 Å². The summed E-state index contributed by atoms with van der Waals surface area (Å²) in [6, 6.07) is 19.0. The van der Waals surface area contributed by atoms with E-state index in [-0.39, 0.29) is 6.54 Å². The summed E-state index contributed by atoms with van der Waals surface area (Å²) in [6.45, 7) is 1.32. The second-order valence-corrected chi connectivity index (χ2v) is 5.20. The summed E-state index contributed by atoms with van der Waals surface area (Å²) >= 11 is 0. The van der Waals surface area contributed by atoms with Crippen molar-refractivity contribution in [2.45, 2.75) is 5.79 Å². The number of nitrogens with zero attached hydrogens (tertiary/aromatic N) is 4. The largest absolute Gasteiger partial charge is 0.363 e. The minimum absolute atomic E-state index is 0.138. The Hall–Kier alpha value is -2.76. The van der Waals surface area contributed by atoms with Crippen molar-refractivity contribution >= 4 is 11.4 Å². The van der Waals surface area contributed by atoms with Gasteiger partial charge in [0, 0.05) is 24.5 Å².